The zero-order chi connectivity index (χ0) is 14.5. The number of carbonyl (C=O) groups excluding carboxylic acids is 1. The fraction of sp³-hybridized carbons (Fsp3) is 0.500. The Balaban J connectivity index is 1.95. The van der Waals surface area contributed by atoms with E-state index < -0.39 is 0 Å². The predicted octanol–water partition coefficient (Wildman–Crippen LogP) is 1.58. The number of benzene rings is 1. The third kappa shape index (κ3) is 4.10. The average molecular weight is 298 g/mol. The first-order valence-electron chi connectivity index (χ1n) is 6.67. The molecule has 0 radical (unpaired) electrons. The predicted molar refractivity (Wildman–Crippen MR) is 80.5 cm³/mol. The number of amides is 1. The van der Waals surface area contributed by atoms with Crippen molar-refractivity contribution in [1.29, 1.82) is 0 Å². The third-order valence-electron chi connectivity index (χ3n) is 3.26. The topological polar surface area (TPSA) is 53.6 Å². The van der Waals surface area contributed by atoms with Crippen molar-refractivity contribution in [3.8, 4) is 5.75 Å². The molecule has 110 valence electrons. The van der Waals surface area contributed by atoms with Crippen LogP contribution in [-0.2, 0) is 4.79 Å². The Morgan fingerprint density at radius 2 is 2.40 bits per heavy atom. The maximum atomic E-state index is 12.1. The van der Waals surface area contributed by atoms with Gasteiger partial charge in [-0.2, -0.15) is 0 Å². The Hall–Kier alpha value is -1.30. The van der Waals surface area contributed by atoms with Crippen LogP contribution in [0.5, 0.6) is 5.75 Å². The average Bonchev–Trinajstić information content (AvgIpc) is 2.38. The van der Waals surface area contributed by atoms with Gasteiger partial charge in [0.1, 0.15) is 5.75 Å². The van der Waals surface area contributed by atoms with Gasteiger partial charge in [0.15, 0.2) is 0 Å². The first-order valence-corrected chi connectivity index (χ1v) is 7.05. The van der Waals surface area contributed by atoms with Crippen LogP contribution in [0.2, 0.25) is 5.02 Å². The van der Waals surface area contributed by atoms with Crippen LogP contribution in [0.4, 0.5) is 5.69 Å². The van der Waals surface area contributed by atoms with Crippen LogP contribution in [0, 0.1) is 0 Å². The lowest BCUT2D eigenvalue weighted by Gasteiger charge is -2.31. The van der Waals surface area contributed by atoms with Gasteiger partial charge in [-0.3, -0.25) is 9.69 Å². The van der Waals surface area contributed by atoms with Crippen molar-refractivity contribution in [2.75, 3.05) is 38.6 Å². The van der Waals surface area contributed by atoms with Crippen molar-refractivity contribution in [2.24, 2.45) is 0 Å². The highest BCUT2D eigenvalue weighted by atomic mass is 35.5. The maximum Gasteiger partial charge on any atom is 0.238 e. The highest BCUT2D eigenvalue weighted by Crippen LogP contribution is 2.27. The molecule has 0 aromatic heterocycles. The Kier molecular flexibility index (Phi) is 5.23. The fourth-order valence-electron chi connectivity index (χ4n) is 2.33. The lowest BCUT2D eigenvalue weighted by molar-refractivity contribution is -0.117. The molecule has 0 bridgehead atoms. The van der Waals surface area contributed by atoms with Crippen LogP contribution in [0.15, 0.2) is 18.2 Å². The number of halogens is 1. The van der Waals surface area contributed by atoms with E-state index in [-0.39, 0.29) is 5.91 Å². The smallest absolute Gasteiger partial charge is 0.238 e. The number of methoxy groups -OCH3 is 1. The van der Waals surface area contributed by atoms with Gasteiger partial charge in [0, 0.05) is 30.7 Å². The minimum atomic E-state index is -0.0559. The number of anilines is 1. The Morgan fingerprint density at radius 1 is 1.60 bits per heavy atom. The Morgan fingerprint density at radius 3 is 3.10 bits per heavy atom. The van der Waals surface area contributed by atoms with Crippen molar-refractivity contribution < 1.29 is 9.53 Å². The number of rotatable bonds is 4. The minimum absolute atomic E-state index is 0.0559. The molecule has 0 unspecified atom stereocenters. The summed E-state index contributed by atoms with van der Waals surface area (Å²) in [6, 6.07) is 5.58. The van der Waals surface area contributed by atoms with E-state index in [1.165, 1.54) is 0 Å². The van der Waals surface area contributed by atoms with E-state index >= 15 is 0 Å². The molecular formula is C14H20ClN3O2. The standard InChI is InChI=1S/C14H20ClN3O2/c1-10-8-18(6-5-16-10)9-14(19)17-12-7-11(15)3-4-13(12)20-2/h3-4,7,10,16H,5-6,8-9H2,1-2H3,(H,17,19)/t10-/m0/s1. The molecule has 0 saturated carbocycles. The Bertz CT molecular complexity index is 481. The molecule has 20 heavy (non-hydrogen) atoms. The molecule has 5 nitrogen and oxygen atoms in total. The summed E-state index contributed by atoms with van der Waals surface area (Å²) in [6.45, 7) is 5.16. The molecule has 1 aliphatic heterocycles. The third-order valence-corrected chi connectivity index (χ3v) is 3.49. The van der Waals surface area contributed by atoms with E-state index in [0.29, 0.717) is 29.0 Å². The molecular weight excluding hydrogens is 278 g/mol. The molecule has 2 rings (SSSR count). The molecule has 1 saturated heterocycles. The van der Waals surface area contributed by atoms with Crippen LogP contribution in [0.25, 0.3) is 0 Å². The highest BCUT2D eigenvalue weighted by molar-refractivity contribution is 6.31. The number of nitrogens with one attached hydrogen (secondary N) is 2. The van der Waals surface area contributed by atoms with Gasteiger partial charge in [-0.25, -0.2) is 0 Å². The van der Waals surface area contributed by atoms with Gasteiger partial charge in [-0.15, -0.1) is 0 Å². The largest absolute Gasteiger partial charge is 0.495 e. The molecule has 1 aliphatic rings. The molecule has 1 heterocycles. The van der Waals surface area contributed by atoms with Crippen LogP contribution < -0.4 is 15.4 Å². The zero-order valence-electron chi connectivity index (χ0n) is 11.8. The van der Waals surface area contributed by atoms with Crippen molar-refractivity contribution in [3.05, 3.63) is 23.2 Å². The van der Waals surface area contributed by atoms with Crippen LogP contribution in [0.3, 0.4) is 0 Å². The van der Waals surface area contributed by atoms with E-state index in [2.05, 4.69) is 22.5 Å². The van der Waals surface area contributed by atoms with E-state index in [0.717, 1.165) is 19.6 Å². The van der Waals surface area contributed by atoms with E-state index in [4.69, 9.17) is 16.3 Å². The van der Waals surface area contributed by atoms with E-state index in [1.54, 1.807) is 25.3 Å². The molecule has 6 heteroatoms. The summed E-state index contributed by atoms with van der Waals surface area (Å²) in [5, 5.41) is 6.77. The van der Waals surface area contributed by atoms with Gasteiger partial charge in [-0.1, -0.05) is 11.6 Å². The van der Waals surface area contributed by atoms with Crippen molar-refractivity contribution in [3.63, 3.8) is 0 Å². The summed E-state index contributed by atoms with van der Waals surface area (Å²) < 4.78 is 5.21. The second-order valence-electron chi connectivity index (χ2n) is 4.98. The summed E-state index contributed by atoms with van der Waals surface area (Å²) in [6.07, 6.45) is 0. The van der Waals surface area contributed by atoms with Gasteiger partial charge in [0.2, 0.25) is 5.91 Å². The monoisotopic (exact) mass is 297 g/mol. The summed E-state index contributed by atoms with van der Waals surface area (Å²) in [5.41, 5.74) is 0.605. The zero-order valence-corrected chi connectivity index (χ0v) is 12.5. The number of carbonyl (C=O) groups is 1. The molecule has 1 aromatic rings. The second kappa shape index (κ2) is 6.92. The summed E-state index contributed by atoms with van der Waals surface area (Å²) in [7, 11) is 1.57. The lowest BCUT2D eigenvalue weighted by Crippen LogP contribution is -2.51. The quantitative estimate of drug-likeness (QED) is 0.886. The van der Waals surface area contributed by atoms with Crippen LogP contribution >= 0.6 is 11.6 Å². The molecule has 1 amide bonds. The second-order valence-corrected chi connectivity index (χ2v) is 5.42. The van der Waals surface area contributed by atoms with Crippen LogP contribution in [0.1, 0.15) is 6.92 Å². The summed E-state index contributed by atoms with van der Waals surface area (Å²) in [4.78, 5) is 14.2. The first kappa shape index (κ1) is 15.1. The van der Waals surface area contributed by atoms with E-state index in [1.807, 2.05) is 0 Å². The van der Waals surface area contributed by atoms with Gasteiger partial charge >= 0.3 is 0 Å². The minimum Gasteiger partial charge on any atom is -0.495 e. The fourth-order valence-corrected chi connectivity index (χ4v) is 2.50. The highest BCUT2D eigenvalue weighted by Gasteiger charge is 2.18. The van der Waals surface area contributed by atoms with Gasteiger partial charge in [-0.05, 0) is 25.1 Å². The summed E-state index contributed by atoms with van der Waals surface area (Å²) >= 11 is 5.94. The number of nitrogens with zero attached hydrogens (tertiary/aromatic N) is 1. The molecule has 2 N–H and O–H groups in total. The number of hydrogen-bond donors (Lipinski definition) is 2. The molecule has 1 atom stereocenters. The Labute approximate surface area is 124 Å². The van der Waals surface area contributed by atoms with Crippen LogP contribution in [-0.4, -0.2) is 50.1 Å². The molecule has 0 spiro atoms. The van der Waals surface area contributed by atoms with Gasteiger partial charge in [0.05, 0.1) is 19.3 Å². The molecule has 1 aromatic carbocycles. The van der Waals surface area contributed by atoms with Crippen molar-refractivity contribution in [2.45, 2.75) is 13.0 Å². The lowest BCUT2D eigenvalue weighted by atomic mass is 10.2. The van der Waals surface area contributed by atoms with Gasteiger partial charge in [0.25, 0.3) is 0 Å². The van der Waals surface area contributed by atoms with Crippen molar-refractivity contribution in [1.82, 2.24) is 10.2 Å². The molecule has 1 fully saturated rings. The summed E-state index contributed by atoms with van der Waals surface area (Å²) in [5.74, 6) is 0.552. The van der Waals surface area contributed by atoms with Crippen molar-refractivity contribution >= 4 is 23.2 Å². The first-order chi connectivity index (χ1) is 9.58. The van der Waals surface area contributed by atoms with Gasteiger partial charge < -0.3 is 15.4 Å². The SMILES string of the molecule is COc1ccc(Cl)cc1NC(=O)CN1CCN[C@@H](C)C1. The number of hydrogen-bond acceptors (Lipinski definition) is 4. The number of piperazine rings is 1. The normalized spacial score (nSPS) is 19.6. The van der Waals surface area contributed by atoms with E-state index in [9.17, 15) is 4.79 Å². The molecule has 0 aliphatic carbocycles. The number of ether oxygens (including phenoxy) is 1. The maximum absolute atomic E-state index is 12.1.